The van der Waals surface area contributed by atoms with Crippen molar-refractivity contribution in [1.29, 1.82) is 0 Å². The number of anilines is 1. The van der Waals surface area contributed by atoms with Crippen molar-refractivity contribution in [1.82, 2.24) is 20.3 Å². The van der Waals surface area contributed by atoms with Crippen LogP contribution in [0.4, 0.5) is 5.82 Å². The van der Waals surface area contributed by atoms with Gasteiger partial charge in [-0.15, -0.1) is 0 Å². The number of rotatable bonds is 6. The number of carbonyl (C=O) groups is 1. The van der Waals surface area contributed by atoms with Gasteiger partial charge in [-0.1, -0.05) is 18.2 Å². The number of amides is 1. The molecule has 0 bridgehead atoms. The molecule has 1 aromatic carbocycles. The Morgan fingerprint density at radius 1 is 1.16 bits per heavy atom. The number of hydrazone groups is 1. The van der Waals surface area contributed by atoms with Crippen LogP contribution in [0.25, 0.3) is 0 Å². The lowest BCUT2D eigenvalue weighted by Crippen LogP contribution is -2.25. The molecule has 1 unspecified atom stereocenters. The molecule has 31 heavy (non-hydrogen) atoms. The van der Waals surface area contributed by atoms with Crippen molar-refractivity contribution < 1.29 is 13.2 Å². The molecule has 158 valence electrons. The lowest BCUT2D eigenvalue weighted by Gasteiger charge is -2.15. The van der Waals surface area contributed by atoms with Crippen LogP contribution in [0.5, 0.6) is 0 Å². The van der Waals surface area contributed by atoms with Gasteiger partial charge in [-0.2, -0.15) is 5.10 Å². The van der Waals surface area contributed by atoms with E-state index in [-0.39, 0.29) is 29.0 Å². The van der Waals surface area contributed by atoms with Crippen LogP contribution < -0.4 is 10.3 Å². The molecule has 9 nitrogen and oxygen atoms in total. The third-order valence-electron chi connectivity index (χ3n) is 4.75. The second-order valence-corrected chi connectivity index (χ2v) is 9.08. The van der Waals surface area contributed by atoms with Gasteiger partial charge in [0.15, 0.2) is 9.84 Å². The van der Waals surface area contributed by atoms with E-state index in [4.69, 9.17) is 0 Å². The Balaban J connectivity index is 1.39. The minimum absolute atomic E-state index is 0.00268. The van der Waals surface area contributed by atoms with Crippen LogP contribution in [0.1, 0.15) is 27.7 Å². The topological polar surface area (TPSA) is 118 Å². The van der Waals surface area contributed by atoms with Crippen LogP contribution in [0.3, 0.4) is 0 Å². The van der Waals surface area contributed by atoms with E-state index in [9.17, 15) is 13.2 Å². The first-order chi connectivity index (χ1) is 14.9. The van der Waals surface area contributed by atoms with Crippen molar-refractivity contribution in [2.75, 3.05) is 17.8 Å². The molecular formula is C21H20N6O3S. The number of carbonyl (C=O) groups excluding carboxylic acids is 1. The van der Waals surface area contributed by atoms with Crippen LogP contribution >= 0.6 is 0 Å². The summed E-state index contributed by atoms with van der Waals surface area (Å²) in [6.45, 7) is 0.814. The fraction of sp³-hybridized carbons (Fsp3) is 0.190. The predicted octanol–water partition coefficient (Wildman–Crippen LogP) is 1.79. The number of nitrogens with one attached hydrogen (secondary N) is 1. The molecule has 0 saturated carbocycles. The first-order valence-electron chi connectivity index (χ1n) is 9.52. The monoisotopic (exact) mass is 436 g/mol. The van der Waals surface area contributed by atoms with Gasteiger partial charge in [0.05, 0.1) is 23.1 Å². The smallest absolute Gasteiger partial charge is 0.270 e. The van der Waals surface area contributed by atoms with Crippen LogP contribution in [0, 0.1) is 0 Å². The summed E-state index contributed by atoms with van der Waals surface area (Å²) < 4.78 is 23.1. The molecule has 1 aliphatic heterocycles. The maximum atomic E-state index is 12.6. The highest BCUT2D eigenvalue weighted by molar-refractivity contribution is 7.90. The van der Waals surface area contributed by atoms with Crippen molar-refractivity contribution in [2.24, 2.45) is 5.10 Å². The van der Waals surface area contributed by atoms with E-state index in [0.29, 0.717) is 12.4 Å². The van der Waals surface area contributed by atoms with E-state index in [1.165, 1.54) is 12.1 Å². The van der Waals surface area contributed by atoms with E-state index in [1.807, 2.05) is 0 Å². The molecule has 0 fully saturated rings. The molecule has 0 spiro atoms. The first-order valence-corrected chi connectivity index (χ1v) is 11.4. The minimum atomic E-state index is -3.25. The quantitative estimate of drug-likeness (QED) is 0.626. The standard InChI is InChI=1S/C21H20N6O3S/c1-31(29,30)17-7-5-15(6-8-17)11-24-21(28)18-3-2-4-20(26-18)27-14-16(12-25-27)19-13-22-9-10-23-19/h2-10,12-13,16H,11,14H2,1H3,(H,24,28). The fourth-order valence-corrected chi connectivity index (χ4v) is 3.72. The minimum Gasteiger partial charge on any atom is -0.347 e. The molecule has 3 heterocycles. The number of nitrogens with zero attached hydrogens (tertiary/aromatic N) is 5. The fourth-order valence-electron chi connectivity index (χ4n) is 3.09. The van der Waals surface area contributed by atoms with Gasteiger partial charge in [-0.25, -0.2) is 18.4 Å². The summed E-state index contributed by atoms with van der Waals surface area (Å²) in [5.41, 5.74) is 1.88. The summed E-state index contributed by atoms with van der Waals surface area (Å²) in [6, 6.07) is 11.6. The summed E-state index contributed by atoms with van der Waals surface area (Å²) in [5, 5.41) is 8.91. The number of sulfone groups is 1. The van der Waals surface area contributed by atoms with E-state index >= 15 is 0 Å². The predicted molar refractivity (Wildman–Crippen MR) is 116 cm³/mol. The SMILES string of the molecule is CS(=O)(=O)c1ccc(CNC(=O)c2cccc(N3CC(c4cnccn4)C=N3)n2)cc1. The highest BCUT2D eigenvalue weighted by Gasteiger charge is 2.23. The average molecular weight is 436 g/mol. The van der Waals surface area contributed by atoms with E-state index < -0.39 is 9.84 Å². The van der Waals surface area contributed by atoms with Crippen LogP contribution in [0.15, 0.2) is 71.1 Å². The molecule has 3 aromatic rings. The molecule has 10 heteroatoms. The second-order valence-electron chi connectivity index (χ2n) is 7.06. The zero-order valence-corrected chi connectivity index (χ0v) is 17.5. The zero-order chi connectivity index (χ0) is 21.8. The van der Waals surface area contributed by atoms with Gasteiger partial charge in [0, 0.05) is 37.6 Å². The number of benzene rings is 1. The van der Waals surface area contributed by atoms with Crippen LogP contribution in [-0.4, -0.2) is 48.3 Å². The maximum Gasteiger partial charge on any atom is 0.270 e. The van der Waals surface area contributed by atoms with Crippen molar-refractivity contribution >= 4 is 27.8 Å². The molecule has 4 rings (SSSR count). The van der Waals surface area contributed by atoms with Gasteiger partial charge >= 0.3 is 0 Å². The maximum absolute atomic E-state index is 12.6. The summed E-state index contributed by atoms with van der Waals surface area (Å²) in [7, 11) is -3.25. The molecule has 1 aliphatic rings. The molecule has 0 radical (unpaired) electrons. The van der Waals surface area contributed by atoms with E-state index in [1.54, 1.807) is 60.1 Å². The first kappa shape index (κ1) is 20.6. The Morgan fingerprint density at radius 2 is 1.97 bits per heavy atom. The van der Waals surface area contributed by atoms with Gasteiger partial charge < -0.3 is 5.32 Å². The number of hydrogen-bond donors (Lipinski definition) is 1. The molecule has 0 aliphatic carbocycles. The van der Waals surface area contributed by atoms with Crippen LogP contribution in [0.2, 0.25) is 0 Å². The summed E-state index contributed by atoms with van der Waals surface area (Å²) in [6.07, 6.45) is 7.92. The third-order valence-corrected chi connectivity index (χ3v) is 5.88. The van der Waals surface area contributed by atoms with Gasteiger partial charge in [-0.3, -0.25) is 14.8 Å². The highest BCUT2D eigenvalue weighted by Crippen LogP contribution is 2.23. The van der Waals surface area contributed by atoms with Crippen molar-refractivity contribution in [2.45, 2.75) is 17.4 Å². The normalized spacial score (nSPS) is 15.8. The molecule has 1 amide bonds. The number of hydrogen-bond acceptors (Lipinski definition) is 8. The Labute approximate surface area is 179 Å². The van der Waals surface area contributed by atoms with Crippen molar-refractivity contribution in [3.05, 3.63) is 78.0 Å². The molecule has 1 atom stereocenters. The Morgan fingerprint density at radius 3 is 2.68 bits per heavy atom. The third kappa shape index (κ3) is 4.92. The largest absolute Gasteiger partial charge is 0.347 e. The van der Waals surface area contributed by atoms with Crippen LogP contribution in [-0.2, 0) is 16.4 Å². The molecular weight excluding hydrogens is 416 g/mol. The summed E-state index contributed by atoms with van der Waals surface area (Å²) >= 11 is 0. The van der Waals surface area contributed by atoms with Crippen molar-refractivity contribution in [3.8, 4) is 0 Å². The molecule has 0 saturated heterocycles. The van der Waals surface area contributed by atoms with Crippen molar-refractivity contribution in [3.63, 3.8) is 0 Å². The number of pyridine rings is 1. The highest BCUT2D eigenvalue weighted by atomic mass is 32.2. The van der Waals surface area contributed by atoms with Gasteiger partial charge in [-0.05, 0) is 29.8 Å². The summed E-state index contributed by atoms with van der Waals surface area (Å²) in [4.78, 5) is 25.6. The lowest BCUT2D eigenvalue weighted by atomic mass is 10.1. The van der Waals surface area contributed by atoms with Gasteiger partial charge in [0.25, 0.3) is 5.91 Å². The summed E-state index contributed by atoms with van der Waals surface area (Å²) in [5.74, 6) is 0.235. The average Bonchev–Trinajstić information content (AvgIpc) is 3.28. The van der Waals surface area contributed by atoms with Gasteiger partial charge in [0.2, 0.25) is 0 Å². The van der Waals surface area contributed by atoms with E-state index in [0.717, 1.165) is 17.5 Å². The molecule has 1 N–H and O–H groups in total. The zero-order valence-electron chi connectivity index (χ0n) is 16.7. The molecule has 2 aromatic heterocycles. The van der Waals surface area contributed by atoms with E-state index in [2.05, 4.69) is 25.4 Å². The second kappa shape index (κ2) is 8.60. The number of aromatic nitrogens is 3. The lowest BCUT2D eigenvalue weighted by molar-refractivity contribution is 0.0946. The van der Waals surface area contributed by atoms with Gasteiger partial charge in [0.1, 0.15) is 11.5 Å². The Hall–Kier alpha value is -3.66. The Bertz CT molecular complexity index is 1210. The Kier molecular flexibility index (Phi) is 5.72.